The Morgan fingerprint density at radius 3 is 2.45 bits per heavy atom. The Labute approximate surface area is 126 Å². The number of quaternary nitrogens is 1. The summed E-state index contributed by atoms with van der Waals surface area (Å²) in [6.45, 7) is 5.64. The molecule has 2 rings (SSSR count). The van der Waals surface area contributed by atoms with Gasteiger partial charge in [-0.1, -0.05) is 0 Å². The maximum absolute atomic E-state index is 11.6. The standard InChI is InChI=1S/C8H8BrN3O2.C4H11NO/c1-3-4-5(11-8(9)10-4)7(14)12(2)6(3)13;1-4(2,5)3-6/h3,14H,1-2H3;6H,3,5H2,1-2H3. The van der Waals surface area contributed by atoms with Gasteiger partial charge in [-0.3, -0.25) is 4.79 Å². The lowest BCUT2D eigenvalue weighted by atomic mass is 9.98. The van der Waals surface area contributed by atoms with Gasteiger partial charge in [0.15, 0.2) is 4.74 Å². The smallest absolute Gasteiger partial charge is 0.234 e. The number of fused-ring (bicyclic) bond motifs is 1. The van der Waals surface area contributed by atoms with Crippen molar-refractivity contribution in [1.82, 2.24) is 4.90 Å². The van der Waals surface area contributed by atoms with Crippen molar-refractivity contribution in [2.45, 2.75) is 26.3 Å². The highest BCUT2D eigenvalue weighted by molar-refractivity contribution is 9.18. The highest BCUT2D eigenvalue weighted by Crippen LogP contribution is 2.27. The van der Waals surface area contributed by atoms with Crippen molar-refractivity contribution in [3.8, 4) is 0 Å². The number of carbonyl (C=O) groups excluding carboxylic acids is 1. The second-order valence-corrected chi connectivity index (χ2v) is 6.18. The van der Waals surface area contributed by atoms with Gasteiger partial charge in [0.2, 0.25) is 5.91 Å². The lowest BCUT2D eigenvalue weighted by Gasteiger charge is -2.33. The molecule has 1 amide bonds. The van der Waals surface area contributed by atoms with E-state index >= 15 is 0 Å². The van der Waals surface area contributed by atoms with Gasteiger partial charge in [-0.2, -0.15) is 0 Å². The molecule has 7 nitrogen and oxygen atoms in total. The summed E-state index contributed by atoms with van der Waals surface area (Å²) >= 11 is 3.08. The topological polar surface area (TPSA) is 116 Å². The average molecular weight is 347 g/mol. The molecule has 0 fully saturated rings. The summed E-state index contributed by atoms with van der Waals surface area (Å²) in [6.07, 6.45) is 0. The van der Waals surface area contributed by atoms with E-state index in [1.54, 1.807) is 6.92 Å². The van der Waals surface area contributed by atoms with Crippen molar-refractivity contribution in [2.75, 3.05) is 13.7 Å². The molecule has 0 aromatic rings. The van der Waals surface area contributed by atoms with Gasteiger partial charge in [0.25, 0.3) is 0 Å². The number of hydrogen-bond donors (Lipinski definition) is 2. The lowest BCUT2D eigenvalue weighted by Crippen LogP contribution is -2.71. The molecule has 2 aliphatic heterocycles. The molecule has 112 valence electrons. The van der Waals surface area contributed by atoms with E-state index in [1.807, 2.05) is 13.8 Å². The number of amidine groups is 1. The van der Waals surface area contributed by atoms with Gasteiger partial charge in [0, 0.05) is 7.05 Å². The van der Waals surface area contributed by atoms with E-state index < -0.39 is 5.92 Å². The molecule has 2 aliphatic rings. The first-order valence-electron chi connectivity index (χ1n) is 6.06. The Hall–Kier alpha value is -1.25. The molecule has 0 saturated carbocycles. The van der Waals surface area contributed by atoms with Crippen LogP contribution < -0.4 is 10.8 Å². The zero-order valence-electron chi connectivity index (χ0n) is 12.0. The monoisotopic (exact) mass is 346 g/mol. The fourth-order valence-electron chi connectivity index (χ4n) is 1.45. The highest BCUT2D eigenvalue weighted by Gasteiger charge is 2.34. The van der Waals surface area contributed by atoms with Crippen LogP contribution >= 0.6 is 15.9 Å². The summed E-state index contributed by atoms with van der Waals surface area (Å²) in [5.41, 5.74) is 4.22. The normalized spacial score (nSPS) is 22.1. The van der Waals surface area contributed by atoms with Gasteiger partial charge in [-0.05, 0) is 42.6 Å². The first kappa shape index (κ1) is 16.8. The molecule has 1 atom stereocenters. The second-order valence-electron chi connectivity index (χ2n) is 5.47. The van der Waals surface area contributed by atoms with Crippen LogP contribution in [0.25, 0.3) is 0 Å². The summed E-state index contributed by atoms with van der Waals surface area (Å²) in [7, 11) is 1.45. The minimum atomic E-state index is -0.397. The number of aliphatic hydroxyl groups excluding tert-OH is 1. The third-order valence-corrected chi connectivity index (χ3v) is 3.06. The fourth-order valence-corrected chi connectivity index (χ4v) is 1.82. The van der Waals surface area contributed by atoms with Crippen molar-refractivity contribution < 1.29 is 20.7 Å². The van der Waals surface area contributed by atoms with E-state index in [4.69, 9.17) is 5.11 Å². The SMILES string of the molecule is CC(C)([NH3+])CO.CC1C(=O)N(C)C([O-])=C2N=C(Br)N=C21. The summed E-state index contributed by atoms with van der Waals surface area (Å²) < 4.78 is 0.353. The quantitative estimate of drug-likeness (QED) is 0.582. The average Bonchev–Trinajstić information content (AvgIpc) is 2.76. The molecule has 2 heterocycles. The molecule has 0 aliphatic carbocycles. The summed E-state index contributed by atoms with van der Waals surface area (Å²) in [5.74, 6) is -1.03. The Balaban J connectivity index is 0.000000286. The van der Waals surface area contributed by atoms with Crippen LogP contribution in [0.1, 0.15) is 20.8 Å². The van der Waals surface area contributed by atoms with Crippen molar-refractivity contribution in [3.63, 3.8) is 0 Å². The number of hydrogen-bond acceptors (Lipinski definition) is 5. The van der Waals surface area contributed by atoms with Gasteiger partial charge < -0.3 is 20.8 Å². The molecule has 0 aromatic carbocycles. The van der Waals surface area contributed by atoms with Crippen LogP contribution in [0.15, 0.2) is 21.6 Å². The van der Waals surface area contributed by atoms with Crippen LogP contribution in [0.3, 0.4) is 0 Å². The molecule has 0 saturated heterocycles. The zero-order valence-corrected chi connectivity index (χ0v) is 13.6. The summed E-state index contributed by atoms with van der Waals surface area (Å²) in [4.78, 5) is 20.5. The molecule has 4 N–H and O–H groups in total. The number of aliphatic imine (C=N–C) groups is 2. The van der Waals surface area contributed by atoms with E-state index in [9.17, 15) is 9.90 Å². The molecule has 0 radical (unpaired) electrons. The minimum absolute atomic E-state index is 0.153. The zero-order chi connectivity index (χ0) is 15.7. The lowest BCUT2D eigenvalue weighted by molar-refractivity contribution is -0.471. The number of allylic oxidation sites excluding steroid dienone is 1. The molecular weight excluding hydrogens is 328 g/mol. The Bertz CT molecular complexity index is 505. The van der Waals surface area contributed by atoms with Crippen molar-refractivity contribution in [1.29, 1.82) is 0 Å². The van der Waals surface area contributed by atoms with Crippen molar-refractivity contribution in [2.24, 2.45) is 15.9 Å². The van der Waals surface area contributed by atoms with Crippen LogP contribution in [0, 0.1) is 5.92 Å². The van der Waals surface area contributed by atoms with Crippen LogP contribution in [0.5, 0.6) is 0 Å². The van der Waals surface area contributed by atoms with Crippen molar-refractivity contribution >= 4 is 32.3 Å². The molecule has 20 heavy (non-hydrogen) atoms. The molecular formula is C12H19BrN4O3. The van der Waals surface area contributed by atoms with Crippen LogP contribution in [-0.4, -0.2) is 45.6 Å². The first-order valence-corrected chi connectivity index (χ1v) is 6.86. The van der Waals surface area contributed by atoms with Gasteiger partial charge in [0.05, 0.1) is 23.9 Å². The maximum Gasteiger partial charge on any atom is 0.234 e. The highest BCUT2D eigenvalue weighted by atomic mass is 79.9. The largest absolute Gasteiger partial charge is 0.858 e. The van der Waals surface area contributed by atoms with E-state index in [-0.39, 0.29) is 29.6 Å². The third kappa shape index (κ3) is 3.65. The van der Waals surface area contributed by atoms with Crippen LogP contribution in [0.4, 0.5) is 0 Å². The Morgan fingerprint density at radius 1 is 1.50 bits per heavy atom. The van der Waals surface area contributed by atoms with Gasteiger partial charge in [-0.15, -0.1) is 0 Å². The van der Waals surface area contributed by atoms with Crippen LogP contribution in [0.2, 0.25) is 0 Å². The molecule has 0 spiro atoms. The van der Waals surface area contributed by atoms with E-state index in [0.29, 0.717) is 10.5 Å². The predicted molar refractivity (Wildman–Crippen MR) is 76.8 cm³/mol. The number of halogens is 1. The molecule has 0 bridgehead atoms. The number of amides is 1. The summed E-state index contributed by atoms with van der Waals surface area (Å²) in [5, 5.41) is 19.9. The number of aliphatic hydroxyl groups is 1. The Morgan fingerprint density at radius 2 is 2.00 bits per heavy atom. The van der Waals surface area contributed by atoms with E-state index in [0.717, 1.165) is 4.90 Å². The summed E-state index contributed by atoms with van der Waals surface area (Å²) in [6, 6.07) is 0. The number of carbonyl (C=O) groups is 1. The third-order valence-electron chi connectivity index (χ3n) is 2.71. The van der Waals surface area contributed by atoms with Gasteiger partial charge >= 0.3 is 0 Å². The first-order chi connectivity index (χ1) is 9.08. The minimum Gasteiger partial charge on any atom is -0.858 e. The van der Waals surface area contributed by atoms with E-state index in [1.165, 1.54) is 7.05 Å². The molecule has 8 heteroatoms. The molecule has 1 unspecified atom stereocenters. The van der Waals surface area contributed by atoms with E-state index in [2.05, 4.69) is 31.6 Å². The fraction of sp³-hybridized carbons (Fsp3) is 0.583. The van der Waals surface area contributed by atoms with Gasteiger partial charge in [0.1, 0.15) is 5.54 Å². The number of nitrogens with zero attached hydrogens (tertiary/aromatic N) is 3. The Kier molecular flexibility index (Phi) is 5.06. The number of rotatable bonds is 1. The predicted octanol–water partition coefficient (Wildman–Crippen LogP) is -1.17. The molecule has 0 aromatic heterocycles. The maximum atomic E-state index is 11.6. The van der Waals surface area contributed by atoms with Crippen molar-refractivity contribution in [3.05, 3.63) is 11.6 Å². The van der Waals surface area contributed by atoms with Crippen LogP contribution in [-0.2, 0) is 4.79 Å². The van der Waals surface area contributed by atoms with Gasteiger partial charge in [-0.25, -0.2) is 9.98 Å². The second kappa shape index (κ2) is 6.02.